The van der Waals surface area contributed by atoms with Crippen LogP contribution in [0.25, 0.3) is 5.65 Å². The van der Waals surface area contributed by atoms with Gasteiger partial charge in [0.15, 0.2) is 0 Å². The average Bonchev–Trinajstić information content (AvgIpc) is 3.16. The van der Waals surface area contributed by atoms with E-state index in [1.807, 2.05) is 18.3 Å². The molecule has 0 aromatic carbocycles. The van der Waals surface area contributed by atoms with Gasteiger partial charge in [0.2, 0.25) is 0 Å². The summed E-state index contributed by atoms with van der Waals surface area (Å²) in [6.07, 6.45) is 4.99. The minimum absolute atomic E-state index is 0.252. The molecule has 0 spiro atoms. The maximum absolute atomic E-state index is 5.77. The molecule has 152 valence electrons. The van der Waals surface area contributed by atoms with E-state index in [9.17, 15) is 0 Å². The first-order chi connectivity index (χ1) is 14.2. The lowest BCUT2D eigenvalue weighted by molar-refractivity contribution is 0.155. The van der Waals surface area contributed by atoms with Crippen LogP contribution in [0.3, 0.4) is 0 Å². The third-order valence-electron chi connectivity index (χ3n) is 6.06. The number of ether oxygens (including phenoxy) is 1. The Labute approximate surface area is 171 Å². The Kier molecular flexibility index (Phi) is 4.85. The molecule has 1 fully saturated rings. The Hall–Kier alpha value is -2.64. The van der Waals surface area contributed by atoms with Crippen molar-refractivity contribution < 1.29 is 4.74 Å². The summed E-state index contributed by atoms with van der Waals surface area (Å²) in [7, 11) is 4.34. The molecule has 0 radical (unpaired) electrons. The lowest BCUT2D eigenvalue weighted by atomic mass is 10.1. The Bertz CT molecular complexity index is 994. The molecule has 7 heteroatoms. The summed E-state index contributed by atoms with van der Waals surface area (Å²) in [6.45, 7) is 5.80. The fraction of sp³-hybridized carbons (Fsp3) is 0.455. The van der Waals surface area contributed by atoms with E-state index in [4.69, 9.17) is 9.72 Å². The maximum atomic E-state index is 5.77. The number of hydrogen-bond acceptors (Lipinski definition) is 6. The molecule has 5 heterocycles. The van der Waals surface area contributed by atoms with Crippen LogP contribution in [0.4, 0.5) is 5.82 Å². The summed E-state index contributed by atoms with van der Waals surface area (Å²) >= 11 is 0. The minimum atomic E-state index is 0.252. The van der Waals surface area contributed by atoms with Crippen molar-refractivity contribution in [2.45, 2.75) is 19.0 Å². The Balaban J connectivity index is 1.38. The third-order valence-corrected chi connectivity index (χ3v) is 6.06. The number of nitrogens with zero attached hydrogens (tertiary/aromatic N) is 6. The van der Waals surface area contributed by atoms with Gasteiger partial charge in [-0.2, -0.15) is 0 Å². The van der Waals surface area contributed by atoms with E-state index in [2.05, 4.69) is 62.6 Å². The number of likely N-dealkylation sites (N-methyl/N-ethyl adjacent to an activating group) is 1. The number of hydrogen-bond donors (Lipinski definition) is 0. The van der Waals surface area contributed by atoms with Crippen LogP contribution < -0.4 is 9.64 Å². The molecule has 1 atom stereocenters. The number of imidazole rings is 1. The molecule has 0 aliphatic carbocycles. The molecule has 2 aliphatic rings. The molecule has 1 saturated heterocycles. The lowest BCUT2D eigenvalue weighted by Gasteiger charge is -2.34. The highest BCUT2D eigenvalue weighted by Crippen LogP contribution is 2.34. The van der Waals surface area contributed by atoms with Crippen molar-refractivity contribution in [3.63, 3.8) is 0 Å². The molecule has 29 heavy (non-hydrogen) atoms. The van der Waals surface area contributed by atoms with E-state index >= 15 is 0 Å². The number of piperazine rings is 1. The molecule has 3 aromatic heterocycles. The van der Waals surface area contributed by atoms with Gasteiger partial charge in [-0.3, -0.25) is 14.3 Å². The highest BCUT2D eigenvalue weighted by molar-refractivity contribution is 5.53. The highest BCUT2D eigenvalue weighted by Gasteiger charge is 2.27. The summed E-state index contributed by atoms with van der Waals surface area (Å²) in [4.78, 5) is 16.7. The minimum Gasteiger partial charge on any atom is -0.492 e. The second-order valence-electron chi connectivity index (χ2n) is 8.09. The van der Waals surface area contributed by atoms with Crippen molar-refractivity contribution in [2.24, 2.45) is 0 Å². The Morgan fingerprint density at radius 3 is 2.86 bits per heavy atom. The molecule has 5 rings (SSSR count). The number of fused-ring (bicyclic) bond motifs is 2. The highest BCUT2D eigenvalue weighted by atomic mass is 16.5. The van der Waals surface area contributed by atoms with E-state index in [0.29, 0.717) is 0 Å². The average molecular weight is 393 g/mol. The third kappa shape index (κ3) is 3.56. The van der Waals surface area contributed by atoms with Crippen LogP contribution in [0, 0.1) is 0 Å². The monoisotopic (exact) mass is 392 g/mol. The van der Waals surface area contributed by atoms with Crippen LogP contribution in [0.5, 0.6) is 5.75 Å². The summed E-state index contributed by atoms with van der Waals surface area (Å²) in [5, 5.41) is 0. The largest absolute Gasteiger partial charge is 0.492 e. The Morgan fingerprint density at radius 2 is 2.00 bits per heavy atom. The molecule has 3 aromatic rings. The summed E-state index contributed by atoms with van der Waals surface area (Å²) in [5.41, 5.74) is 3.12. The van der Waals surface area contributed by atoms with Crippen LogP contribution in [-0.4, -0.2) is 71.0 Å². The first kappa shape index (κ1) is 18.4. The van der Waals surface area contributed by atoms with Crippen LogP contribution in [-0.2, 0) is 6.54 Å². The van der Waals surface area contributed by atoms with Gasteiger partial charge >= 0.3 is 0 Å². The standard InChI is InChI=1S/C22H28N6O/c1-25-10-12-27(13-11-25)21-7-3-6-20-24-17(16-28(20)21)15-26(2)18-8-14-29-19-5-4-9-23-22(18)19/h3-7,9,16,18H,8,10-15H2,1-2H3. The zero-order valence-corrected chi connectivity index (χ0v) is 17.2. The first-order valence-electron chi connectivity index (χ1n) is 10.4. The maximum Gasteiger partial charge on any atom is 0.142 e. The lowest BCUT2D eigenvalue weighted by Crippen LogP contribution is -2.45. The van der Waals surface area contributed by atoms with Gasteiger partial charge in [-0.15, -0.1) is 0 Å². The fourth-order valence-corrected chi connectivity index (χ4v) is 4.40. The van der Waals surface area contributed by atoms with E-state index in [0.717, 1.165) is 68.5 Å². The van der Waals surface area contributed by atoms with Crippen molar-refractivity contribution in [1.82, 2.24) is 24.2 Å². The molecule has 0 N–H and O–H groups in total. The molecular formula is C22H28N6O. The zero-order valence-electron chi connectivity index (χ0n) is 17.2. The van der Waals surface area contributed by atoms with Crippen LogP contribution in [0.15, 0.2) is 42.7 Å². The molecule has 0 saturated carbocycles. The molecule has 0 bridgehead atoms. The number of rotatable bonds is 4. The van der Waals surface area contributed by atoms with Gasteiger partial charge in [0.25, 0.3) is 0 Å². The topological polar surface area (TPSA) is 49.1 Å². The molecule has 7 nitrogen and oxygen atoms in total. The van der Waals surface area contributed by atoms with Crippen molar-refractivity contribution in [3.05, 3.63) is 54.1 Å². The predicted octanol–water partition coefficient (Wildman–Crippen LogP) is 2.44. The summed E-state index contributed by atoms with van der Waals surface area (Å²) < 4.78 is 8.02. The SMILES string of the molecule is CN1CCN(c2cccc3nc(CN(C)C4CCOc5cccnc54)cn23)CC1. The van der Waals surface area contributed by atoms with E-state index < -0.39 is 0 Å². The van der Waals surface area contributed by atoms with Gasteiger partial charge in [-0.05, 0) is 38.4 Å². The summed E-state index contributed by atoms with van der Waals surface area (Å²) in [6, 6.07) is 10.6. The van der Waals surface area contributed by atoms with E-state index in [1.54, 1.807) is 0 Å². The summed E-state index contributed by atoms with van der Waals surface area (Å²) in [5.74, 6) is 2.14. The van der Waals surface area contributed by atoms with Gasteiger partial charge in [0.1, 0.15) is 17.2 Å². The quantitative estimate of drug-likeness (QED) is 0.680. The molecule has 2 aliphatic heterocycles. The number of aromatic nitrogens is 3. The van der Waals surface area contributed by atoms with Crippen LogP contribution >= 0.6 is 0 Å². The second kappa shape index (κ2) is 7.65. The van der Waals surface area contributed by atoms with Crippen LogP contribution in [0.1, 0.15) is 23.9 Å². The van der Waals surface area contributed by atoms with Gasteiger partial charge in [-0.1, -0.05) is 6.07 Å². The van der Waals surface area contributed by atoms with Crippen molar-refractivity contribution in [3.8, 4) is 5.75 Å². The number of pyridine rings is 2. The smallest absolute Gasteiger partial charge is 0.142 e. The number of anilines is 1. The first-order valence-corrected chi connectivity index (χ1v) is 10.4. The predicted molar refractivity (Wildman–Crippen MR) is 113 cm³/mol. The van der Waals surface area contributed by atoms with E-state index in [-0.39, 0.29) is 6.04 Å². The van der Waals surface area contributed by atoms with Gasteiger partial charge in [-0.25, -0.2) is 4.98 Å². The van der Waals surface area contributed by atoms with Gasteiger partial charge < -0.3 is 14.5 Å². The molecule has 1 unspecified atom stereocenters. The zero-order chi connectivity index (χ0) is 19.8. The van der Waals surface area contributed by atoms with Crippen molar-refractivity contribution in [2.75, 3.05) is 51.8 Å². The molecule has 0 amide bonds. The van der Waals surface area contributed by atoms with Crippen molar-refractivity contribution >= 4 is 11.5 Å². The normalized spacial score (nSPS) is 20.1. The Morgan fingerprint density at radius 1 is 1.14 bits per heavy atom. The van der Waals surface area contributed by atoms with E-state index in [1.165, 1.54) is 5.82 Å². The van der Waals surface area contributed by atoms with Crippen LogP contribution in [0.2, 0.25) is 0 Å². The second-order valence-corrected chi connectivity index (χ2v) is 8.09. The van der Waals surface area contributed by atoms with Gasteiger partial charge in [0, 0.05) is 51.5 Å². The fourth-order valence-electron chi connectivity index (χ4n) is 4.40. The van der Waals surface area contributed by atoms with Crippen molar-refractivity contribution in [1.29, 1.82) is 0 Å². The molecular weight excluding hydrogens is 364 g/mol. The van der Waals surface area contributed by atoms with Gasteiger partial charge in [0.05, 0.1) is 24.0 Å².